The lowest BCUT2D eigenvalue weighted by Gasteiger charge is -2.26. The van der Waals surface area contributed by atoms with Crippen LogP contribution in [0.1, 0.15) is 52.7 Å². The van der Waals surface area contributed by atoms with Gasteiger partial charge in [0.05, 0.1) is 0 Å². The Kier molecular flexibility index (Phi) is 6.46. The number of carbonyl (C=O) groups excluding carboxylic acids is 2. The number of aryl methyl sites for hydroxylation is 1. The van der Waals surface area contributed by atoms with Gasteiger partial charge in [-0.25, -0.2) is 9.59 Å². The number of anilines is 1. The number of nitrogen functional groups attached to an aromatic ring is 1. The summed E-state index contributed by atoms with van der Waals surface area (Å²) in [5, 5.41) is 2.61. The third-order valence-corrected chi connectivity index (χ3v) is 3.18. The lowest BCUT2D eigenvalue weighted by atomic mass is 10.00. The van der Waals surface area contributed by atoms with Gasteiger partial charge < -0.3 is 20.5 Å². The predicted molar refractivity (Wildman–Crippen MR) is 98.3 cm³/mol. The first-order chi connectivity index (χ1) is 11.3. The summed E-state index contributed by atoms with van der Waals surface area (Å²) in [5.74, 6) is -0.514. The SMILES string of the molecule is Cc1ccc(N)cc1C[C@H](NC(=O)OC(C)(C)C)C(=O)OC(C)(C)C. The number of esters is 1. The number of ether oxygens (including phenoxy) is 2. The summed E-state index contributed by atoms with van der Waals surface area (Å²) in [4.78, 5) is 24.7. The Hall–Kier alpha value is -2.24. The molecule has 0 aliphatic carbocycles. The molecule has 0 unspecified atom stereocenters. The van der Waals surface area contributed by atoms with Crippen LogP contribution in [0.4, 0.5) is 10.5 Å². The molecule has 1 rings (SSSR count). The zero-order valence-electron chi connectivity index (χ0n) is 16.2. The fourth-order valence-corrected chi connectivity index (χ4v) is 2.15. The van der Waals surface area contributed by atoms with E-state index in [1.807, 2.05) is 13.0 Å². The number of amides is 1. The van der Waals surface area contributed by atoms with Gasteiger partial charge in [0.15, 0.2) is 0 Å². The maximum Gasteiger partial charge on any atom is 0.408 e. The number of hydrogen-bond acceptors (Lipinski definition) is 5. The highest BCUT2D eigenvalue weighted by Gasteiger charge is 2.29. The van der Waals surface area contributed by atoms with Crippen molar-refractivity contribution in [2.24, 2.45) is 0 Å². The molecule has 0 bridgehead atoms. The second-order valence-electron chi connectivity index (χ2n) is 8.12. The molecule has 0 saturated heterocycles. The van der Waals surface area contributed by atoms with Crippen molar-refractivity contribution in [1.82, 2.24) is 5.32 Å². The lowest BCUT2D eigenvalue weighted by Crippen LogP contribution is -2.47. The predicted octanol–water partition coefficient (Wildman–Crippen LogP) is 3.35. The Bertz CT molecular complexity index is 627. The highest BCUT2D eigenvalue weighted by molar-refractivity contribution is 5.82. The van der Waals surface area contributed by atoms with Crippen LogP contribution in [-0.4, -0.2) is 29.3 Å². The number of hydrogen-bond donors (Lipinski definition) is 2. The van der Waals surface area contributed by atoms with Crippen LogP contribution in [0.2, 0.25) is 0 Å². The zero-order valence-corrected chi connectivity index (χ0v) is 16.2. The number of nitrogens with one attached hydrogen (secondary N) is 1. The van der Waals surface area contributed by atoms with Gasteiger partial charge in [0.1, 0.15) is 17.2 Å². The van der Waals surface area contributed by atoms with E-state index in [1.54, 1.807) is 53.7 Å². The van der Waals surface area contributed by atoms with E-state index in [0.717, 1.165) is 11.1 Å². The van der Waals surface area contributed by atoms with Gasteiger partial charge in [0, 0.05) is 12.1 Å². The summed E-state index contributed by atoms with van der Waals surface area (Å²) >= 11 is 0. The van der Waals surface area contributed by atoms with Crippen LogP contribution < -0.4 is 11.1 Å². The Balaban J connectivity index is 3.00. The molecule has 1 aromatic carbocycles. The van der Waals surface area contributed by atoms with E-state index in [9.17, 15) is 9.59 Å². The van der Waals surface area contributed by atoms with Gasteiger partial charge in [-0.1, -0.05) is 6.07 Å². The average molecular weight is 350 g/mol. The maximum absolute atomic E-state index is 12.5. The van der Waals surface area contributed by atoms with Gasteiger partial charge >= 0.3 is 12.1 Å². The van der Waals surface area contributed by atoms with E-state index in [2.05, 4.69) is 5.32 Å². The molecule has 0 radical (unpaired) electrons. The Morgan fingerprint density at radius 3 is 2.16 bits per heavy atom. The van der Waals surface area contributed by atoms with Crippen LogP contribution in [-0.2, 0) is 20.7 Å². The molecule has 6 heteroatoms. The van der Waals surface area contributed by atoms with Crippen LogP contribution in [0.5, 0.6) is 0 Å². The molecule has 6 nitrogen and oxygen atoms in total. The van der Waals surface area contributed by atoms with Gasteiger partial charge in [-0.15, -0.1) is 0 Å². The molecule has 0 aromatic heterocycles. The molecular weight excluding hydrogens is 320 g/mol. The molecule has 1 amide bonds. The second-order valence-corrected chi connectivity index (χ2v) is 8.12. The van der Waals surface area contributed by atoms with Crippen molar-refractivity contribution in [3.05, 3.63) is 29.3 Å². The number of carbonyl (C=O) groups is 2. The topological polar surface area (TPSA) is 90.6 Å². The first-order valence-corrected chi connectivity index (χ1v) is 8.34. The van der Waals surface area contributed by atoms with Crippen molar-refractivity contribution >= 4 is 17.7 Å². The van der Waals surface area contributed by atoms with Crippen molar-refractivity contribution in [2.75, 3.05) is 5.73 Å². The number of nitrogens with two attached hydrogens (primary N) is 1. The summed E-state index contributed by atoms with van der Waals surface area (Å²) in [5.41, 5.74) is 6.97. The van der Waals surface area contributed by atoms with Crippen molar-refractivity contribution in [3.8, 4) is 0 Å². The molecule has 140 valence electrons. The molecule has 0 aliphatic heterocycles. The summed E-state index contributed by atoms with van der Waals surface area (Å²) in [6, 6.07) is 4.60. The van der Waals surface area contributed by atoms with E-state index in [4.69, 9.17) is 15.2 Å². The molecule has 1 aromatic rings. The largest absolute Gasteiger partial charge is 0.458 e. The minimum Gasteiger partial charge on any atom is -0.458 e. The summed E-state index contributed by atoms with van der Waals surface area (Å²) in [6.45, 7) is 12.5. The molecule has 0 heterocycles. The first-order valence-electron chi connectivity index (χ1n) is 8.34. The summed E-state index contributed by atoms with van der Waals surface area (Å²) in [6.07, 6.45) is -0.393. The fraction of sp³-hybridized carbons (Fsp3) is 0.579. The van der Waals surface area contributed by atoms with Crippen molar-refractivity contribution < 1.29 is 19.1 Å². The lowest BCUT2D eigenvalue weighted by molar-refractivity contribution is -0.157. The highest BCUT2D eigenvalue weighted by atomic mass is 16.6. The number of benzene rings is 1. The molecule has 25 heavy (non-hydrogen) atoms. The zero-order chi connectivity index (χ0) is 19.4. The summed E-state index contributed by atoms with van der Waals surface area (Å²) in [7, 11) is 0. The van der Waals surface area contributed by atoms with Crippen LogP contribution in [0.15, 0.2) is 18.2 Å². The van der Waals surface area contributed by atoms with Gasteiger partial charge in [-0.3, -0.25) is 0 Å². The van der Waals surface area contributed by atoms with E-state index in [-0.39, 0.29) is 6.42 Å². The van der Waals surface area contributed by atoms with Crippen molar-refractivity contribution in [1.29, 1.82) is 0 Å². The van der Waals surface area contributed by atoms with Crippen LogP contribution in [0.3, 0.4) is 0 Å². The van der Waals surface area contributed by atoms with E-state index in [1.165, 1.54) is 0 Å². The molecule has 0 saturated carbocycles. The quantitative estimate of drug-likeness (QED) is 0.642. The van der Waals surface area contributed by atoms with E-state index < -0.39 is 29.3 Å². The third kappa shape index (κ3) is 7.92. The van der Waals surface area contributed by atoms with Gasteiger partial charge in [-0.05, 0) is 71.7 Å². The van der Waals surface area contributed by atoms with E-state index in [0.29, 0.717) is 5.69 Å². The monoisotopic (exact) mass is 350 g/mol. The van der Waals surface area contributed by atoms with Gasteiger partial charge in [0.2, 0.25) is 0 Å². The normalized spacial score (nSPS) is 13.1. The highest BCUT2D eigenvalue weighted by Crippen LogP contribution is 2.17. The molecule has 0 fully saturated rings. The Morgan fingerprint density at radius 2 is 1.64 bits per heavy atom. The van der Waals surface area contributed by atoms with Crippen molar-refractivity contribution in [2.45, 2.75) is 72.1 Å². The summed E-state index contributed by atoms with van der Waals surface area (Å²) < 4.78 is 10.7. The minimum absolute atomic E-state index is 0.269. The van der Waals surface area contributed by atoms with Gasteiger partial charge in [0.25, 0.3) is 0 Å². The molecule has 0 spiro atoms. The molecule has 0 aliphatic rings. The Labute approximate surface area is 150 Å². The minimum atomic E-state index is -0.866. The van der Waals surface area contributed by atoms with E-state index >= 15 is 0 Å². The molecular formula is C19H30N2O4. The standard InChI is InChI=1S/C19H30N2O4/c1-12-8-9-14(20)10-13(12)11-15(16(22)24-18(2,3)4)21-17(23)25-19(5,6)7/h8-10,15H,11,20H2,1-7H3,(H,21,23)/t15-/m0/s1. The third-order valence-electron chi connectivity index (χ3n) is 3.18. The van der Waals surface area contributed by atoms with Crippen molar-refractivity contribution in [3.63, 3.8) is 0 Å². The smallest absolute Gasteiger partial charge is 0.408 e. The fourth-order valence-electron chi connectivity index (χ4n) is 2.15. The molecule has 1 atom stereocenters. The van der Waals surface area contributed by atoms with Crippen LogP contribution in [0, 0.1) is 6.92 Å². The molecule has 3 N–H and O–H groups in total. The van der Waals surface area contributed by atoms with Crippen LogP contribution >= 0.6 is 0 Å². The number of rotatable bonds is 4. The maximum atomic E-state index is 12.5. The van der Waals surface area contributed by atoms with Gasteiger partial charge in [-0.2, -0.15) is 0 Å². The Morgan fingerprint density at radius 1 is 1.08 bits per heavy atom. The second kappa shape index (κ2) is 7.76. The average Bonchev–Trinajstić information content (AvgIpc) is 2.38. The first kappa shape index (κ1) is 20.8. The number of alkyl carbamates (subject to hydrolysis) is 1. The van der Waals surface area contributed by atoms with Crippen LogP contribution in [0.25, 0.3) is 0 Å².